The molecule has 142 valence electrons. The molecule has 0 aliphatic carbocycles. The Morgan fingerprint density at radius 2 is 1.82 bits per heavy atom. The second-order valence-electron chi connectivity index (χ2n) is 6.48. The number of hydrogen-bond donors (Lipinski definition) is 1. The lowest BCUT2D eigenvalue weighted by Crippen LogP contribution is -2.31. The Bertz CT molecular complexity index is 1100. The molecule has 1 aliphatic heterocycles. The van der Waals surface area contributed by atoms with E-state index in [1.54, 1.807) is 11.6 Å². The molecule has 3 aromatic rings. The van der Waals surface area contributed by atoms with Crippen LogP contribution in [0.25, 0.3) is 5.69 Å². The molecule has 0 unspecified atom stereocenters. The minimum atomic E-state index is -0.855. The van der Waals surface area contributed by atoms with Crippen LogP contribution in [0.3, 0.4) is 0 Å². The van der Waals surface area contributed by atoms with Crippen molar-refractivity contribution in [1.82, 2.24) is 15.1 Å². The molecular weight excluding hydrogens is 382 g/mol. The summed E-state index contributed by atoms with van der Waals surface area (Å²) < 4.78 is 29.2. The molecule has 1 aliphatic rings. The third-order valence-corrected chi connectivity index (χ3v) is 5.03. The van der Waals surface area contributed by atoms with Crippen LogP contribution >= 0.6 is 12.2 Å². The van der Waals surface area contributed by atoms with Crippen LogP contribution in [0.1, 0.15) is 23.0 Å². The van der Waals surface area contributed by atoms with Crippen LogP contribution in [0.15, 0.2) is 48.5 Å². The van der Waals surface area contributed by atoms with Gasteiger partial charge in [0.25, 0.3) is 5.91 Å². The summed E-state index contributed by atoms with van der Waals surface area (Å²) in [7, 11) is 0. The molecule has 2 aromatic carbocycles. The van der Waals surface area contributed by atoms with E-state index in [1.807, 2.05) is 37.3 Å². The summed E-state index contributed by atoms with van der Waals surface area (Å²) >= 11 is 5.26. The SMILES string of the molecule is Cc1nn(-c2ccccc2)c(C)c1[C@@H]1NC(=S)N(c2ccc(F)cc2F)C1=O. The molecule has 1 atom stereocenters. The van der Waals surface area contributed by atoms with Gasteiger partial charge in [-0.2, -0.15) is 5.10 Å². The van der Waals surface area contributed by atoms with Gasteiger partial charge in [0.1, 0.15) is 17.7 Å². The topological polar surface area (TPSA) is 50.2 Å². The van der Waals surface area contributed by atoms with Gasteiger partial charge < -0.3 is 5.32 Å². The first-order valence-electron chi connectivity index (χ1n) is 8.59. The zero-order chi connectivity index (χ0) is 20.0. The van der Waals surface area contributed by atoms with Crippen molar-refractivity contribution in [2.24, 2.45) is 0 Å². The van der Waals surface area contributed by atoms with Crippen molar-refractivity contribution < 1.29 is 13.6 Å². The number of hydrogen-bond acceptors (Lipinski definition) is 3. The second-order valence-corrected chi connectivity index (χ2v) is 6.87. The second kappa shape index (κ2) is 6.79. The number of para-hydroxylation sites is 1. The molecule has 1 amide bonds. The van der Waals surface area contributed by atoms with E-state index in [4.69, 9.17) is 12.2 Å². The largest absolute Gasteiger partial charge is 0.346 e. The van der Waals surface area contributed by atoms with E-state index < -0.39 is 23.6 Å². The number of carbonyl (C=O) groups excluding carboxylic acids is 1. The fourth-order valence-electron chi connectivity index (χ4n) is 3.46. The van der Waals surface area contributed by atoms with Crippen molar-refractivity contribution >= 4 is 28.9 Å². The summed E-state index contributed by atoms with van der Waals surface area (Å²) in [6.45, 7) is 3.67. The number of carbonyl (C=O) groups is 1. The number of aryl methyl sites for hydroxylation is 1. The van der Waals surface area contributed by atoms with Gasteiger partial charge in [0, 0.05) is 17.3 Å². The van der Waals surface area contributed by atoms with Crippen LogP contribution in [0.4, 0.5) is 14.5 Å². The van der Waals surface area contributed by atoms with Gasteiger partial charge >= 0.3 is 0 Å². The number of halogens is 2. The van der Waals surface area contributed by atoms with Crippen LogP contribution < -0.4 is 10.2 Å². The molecule has 2 heterocycles. The summed E-state index contributed by atoms with van der Waals surface area (Å²) in [5.41, 5.74) is 2.90. The number of aromatic nitrogens is 2. The fourth-order valence-corrected chi connectivity index (χ4v) is 3.76. The summed E-state index contributed by atoms with van der Waals surface area (Å²) in [6.07, 6.45) is 0. The van der Waals surface area contributed by atoms with E-state index in [9.17, 15) is 13.6 Å². The van der Waals surface area contributed by atoms with Gasteiger partial charge in [-0.15, -0.1) is 0 Å². The average molecular weight is 398 g/mol. The molecular formula is C20H16F2N4OS. The predicted molar refractivity (Wildman–Crippen MR) is 105 cm³/mol. The van der Waals surface area contributed by atoms with Gasteiger partial charge in [-0.05, 0) is 50.3 Å². The maximum absolute atomic E-state index is 14.2. The van der Waals surface area contributed by atoms with Crippen molar-refractivity contribution in [3.63, 3.8) is 0 Å². The third-order valence-electron chi connectivity index (χ3n) is 4.73. The smallest absolute Gasteiger partial charge is 0.260 e. The number of thiocarbonyl (C=S) groups is 1. The molecule has 0 radical (unpaired) electrons. The van der Waals surface area contributed by atoms with Crippen LogP contribution in [0.5, 0.6) is 0 Å². The fraction of sp³-hybridized carbons (Fsp3) is 0.150. The molecule has 28 heavy (non-hydrogen) atoms. The number of rotatable bonds is 3. The Hall–Kier alpha value is -3.13. The molecule has 4 rings (SSSR count). The number of anilines is 1. The van der Waals surface area contributed by atoms with Crippen LogP contribution in [-0.2, 0) is 4.79 Å². The highest BCUT2D eigenvalue weighted by molar-refractivity contribution is 7.80. The highest BCUT2D eigenvalue weighted by Crippen LogP contribution is 2.32. The van der Waals surface area contributed by atoms with Gasteiger partial charge in [0.05, 0.1) is 17.1 Å². The van der Waals surface area contributed by atoms with Crippen molar-refractivity contribution in [2.45, 2.75) is 19.9 Å². The third kappa shape index (κ3) is 2.86. The monoisotopic (exact) mass is 398 g/mol. The highest BCUT2D eigenvalue weighted by atomic mass is 32.1. The molecule has 0 saturated carbocycles. The summed E-state index contributed by atoms with van der Waals surface area (Å²) in [5, 5.41) is 7.56. The lowest BCUT2D eigenvalue weighted by molar-refractivity contribution is -0.118. The van der Waals surface area contributed by atoms with E-state index in [0.717, 1.165) is 28.4 Å². The normalized spacial score (nSPS) is 16.6. The zero-order valence-corrected chi connectivity index (χ0v) is 15.9. The van der Waals surface area contributed by atoms with E-state index in [0.29, 0.717) is 11.3 Å². The molecule has 1 saturated heterocycles. The first-order chi connectivity index (χ1) is 13.4. The first-order valence-corrected chi connectivity index (χ1v) is 9.00. The highest BCUT2D eigenvalue weighted by Gasteiger charge is 2.41. The summed E-state index contributed by atoms with van der Waals surface area (Å²) in [4.78, 5) is 14.1. The first kappa shape index (κ1) is 18.2. The Morgan fingerprint density at radius 3 is 2.50 bits per heavy atom. The van der Waals surface area contributed by atoms with Gasteiger partial charge in [-0.3, -0.25) is 9.69 Å². The lowest BCUT2D eigenvalue weighted by atomic mass is 10.0. The number of benzene rings is 2. The van der Waals surface area contributed by atoms with Crippen molar-refractivity contribution in [3.05, 3.63) is 77.1 Å². The summed E-state index contributed by atoms with van der Waals surface area (Å²) in [6, 6.07) is 11.8. The summed E-state index contributed by atoms with van der Waals surface area (Å²) in [5.74, 6) is -2.01. The Labute approximate surface area is 165 Å². The number of amides is 1. The van der Waals surface area contributed by atoms with Crippen LogP contribution in [-0.4, -0.2) is 20.8 Å². The molecule has 0 bridgehead atoms. The molecule has 1 aromatic heterocycles. The molecule has 1 fully saturated rings. The van der Waals surface area contributed by atoms with Gasteiger partial charge in [-0.1, -0.05) is 18.2 Å². The Balaban J connectivity index is 1.75. The number of nitrogens with zero attached hydrogens (tertiary/aromatic N) is 3. The minimum Gasteiger partial charge on any atom is -0.346 e. The van der Waals surface area contributed by atoms with Crippen LogP contribution in [0.2, 0.25) is 0 Å². The molecule has 5 nitrogen and oxygen atoms in total. The van der Waals surface area contributed by atoms with Crippen LogP contribution in [0, 0.1) is 25.5 Å². The maximum atomic E-state index is 14.2. The van der Waals surface area contributed by atoms with Gasteiger partial charge in [0.2, 0.25) is 0 Å². The van der Waals surface area contributed by atoms with Gasteiger partial charge in [0.15, 0.2) is 5.11 Å². The Morgan fingerprint density at radius 1 is 1.11 bits per heavy atom. The molecule has 1 N–H and O–H groups in total. The predicted octanol–water partition coefficient (Wildman–Crippen LogP) is 3.73. The van der Waals surface area contributed by atoms with Crippen molar-refractivity contribution in [3.8, 4) is 5.69 Å². The van der Waals surface area contributed by atoms with Gasteiger partial charge in [-0.25, -0.2) is 13.5 Å². The number of nitrogens with one attached hydrogen (secondary N) is 1. The van der Waals surface area contributed by atoms with E-state index in [1.165, 1.54) is 6.07 Å². The quantitative estimate of drug-likeness (QED) is 0.683. The minimum absolute atomic E-state index is 0.0618. The zero-order valence-electron chi connectivity index (χ0n) is 15.1. The Kier molecular flexibility index (Phi) is 4.43. The van der Waals surface area contributed by atoms with Crippen molar-refractivity contribution in [1.29, 1.82) is 0 Å². The van der Waals surface area contributed by atoms with E-state index >= 15 is 0 Å². The molecule has 8 heteroatoms. The molecule has 0 spiro atoms. The average Bonchev–Trinajstić information content (AvgIpc) is 3.11. The lowest BCUT2D eigenvalue weighted by Gasteiger charge is -2.15. The van der Waals surface area contributed by atoms with Crippen molar-refractivity contribution in [2.75, 3.05) is 4.90 Å². The standard InChI is InChI=1S/C20H16F2N4OS/c1-11-17(12(2)26(24-11)14-6-4-3-5-7-14)18-19(27)25(20(28)23-18)16-9-8-13(21)10-15(16)22/h3-10,18H,1-2H3,(H,23,28)/t18-/m0/s1. The van der Waals surface area contributed by atoms with E-state index in [-0.39, 0.29) is 10.8 Å². The van der Waals surface area contributed by atoms with E-state index in [2.05, 4.69) is 10.4 Å². The maximum Gasteiger partial charge on any atom is 0.260 e.